The Morgan fingerprint density at radius 2 is 1.29 bits per heavy atom. The second kappa shape index (κ2) is 12.4. The van der Waals surface area contributed by atoms with Gasteiger partial charge in [-0.1, -0.05) is 74.5 Å². The summed E-state index contributed by atoms with van der Waals surface area (Å²) in [6, 6.07) is 16.9. The Morgan fingerprint density at radius 1 is 0.774 bits per heavy atom. The first-order chi connectivity index (χ1) is 14.8. The predicted octanol–water partition coefficient (Wildman–Crippen LogP) is 3.58. The van der Waals surface area contributed by atoms with Gasteiger partial charge in [0.15, 0.2) is 0 Å². The number of nitrogens with one attached hydrogen (secondary N) is 2. The number of esters is 1. The first-order valence-corrected chi connectivity index (χ1v) is 10.3. The highest BCUT2D eigenvalue weighted by atomic mass is 16.5. The van der Waals surface area contributed by atoms with Crippen LogP contribution in [0, 0.1) is 5.92 Å². The molecule has 0 aliphatic heterocycles. The minimum absolute atomic E-state index is 0.102. The Balaban J connectivity index is 1.85. The molecule has 166 valence electrons. The second-order valence-electron chi connectivity index (χ2n) is 7.71. The van der Waals surface area contributed by atoms with Gasteiger partial charge in [0.05, 0.1) is 0 Å². The van der Waals surface area contributed by atoms with Crippen molar-refractivity contribution in [1.29, 1.82) is 0 Å². The third-order valence-corrected chi connectivity index (χ3v) is 4.46. The molecule has 7 nitrogen and oxygen atoms in total. The van der Waals surface area contributed by atoms with Crippen molar-refractivity contribution in [2.75, 3.05) is 0 Å². The zero-order valence-corrected chi connectivity index (χ0v) is 18.2. The quantitative estimate of drug-likeness (QED) is 0.567. The molecular weight excluding hydrogens is 396 g/mol. The monoisotopic (exact) mass is 426 g/mol. The standard InChI is InChI=1S/C24H30N2O5/c1-17(2)14-21(26-24(29)31-16-20-12-8-5-9-13-20)22(27)25-18(3)23(28)30-15-19-10-6-4-7-11-19/h4-13,17-18,21H,14-16H2,1-3H3,(H,25,27)(H,26,29). The maximum Gasteiger partial charge on any atom is 0.408 e. The highest BCUT2D eigenvalue weighted by Gasteiger charge is 2.26. The van der Waals surface area contributed by atoms with E-state index in [0.717, 1.165) is 11.1 Å². The first-order valence-electron chi connectivity index (χ1n) is 10.3. The molecule has 0 radical (unpaired) electrons. The number of hydrogen-bond donors (Lipinski definition) is 2. The summed E-state index contributed by atoms with van der Waals surface area (Å²) in [5, 5.41) is 5.21. The molecule has 31 heavy (non-hydrogen) atoms. The zero-order chi connectivity index (χ0) is 22.6. The van der Waals surface area contributed by atoms with Crippen LogP contribution in [0.25, 0.3) is 0 Å². The average Bonchev–Trinajstić information content (AvgIpc) is 2.76. The highest BCUT2D eigenvalue weighted by Crippen LogP contribution is 2.08. The predicted molar refractivity (Wildman–Crippen MR) is 117 cm³/mol. The van der Waals surface area contributed by atoms with Crippen LogP contribution in [0.1, 0.15) is 38.3 Å². The molecule has 2 atom stereocenters. The van der Waals surface area contributed by atoms with E-state index >= 15 is 0 Å². The smallest absolute Gasteiger partial charge is 0.408 e. The van der Waals surface area contributed by atoms with E-state index in [2.05, 4.69) is 10.6 Å². The fraction of sp³-hybridized carbons (Fsp3) is 0.375. The molecule has 2 aromatic rings. The van der Waals surface area contributed by atoms with Gasteiger partial charge < -0.3 is 20.1 Å². The lowest BCUT2D eigenvalue weighted by molar-refractivity contribution is -0.148. The normalized spacial score (nSPS) is 12.5. The molecule has 0 aromatic heterocycles. The number of rotatable bonds is 10. The molecule has 2 rings (SSSR count). The van der Waals surface area contributed by atoms with Crippen molar-refractivity contribution in [2.45, 2.75) is 52.5 Å². The van der Waals surface area contributed by atoms with Gasteiger partial charge in [-0.3, -0.25) is 4.79 Å². The minimum Gasteiger partial charge on any atom is -0.459 e. The van der Waals surface area contributed by atoms with Crippen molar-refractivity contribution in [3.63, 3.8) is 0 Å². The Labute approximate surface area is 183 Å². The van der Waals surface area contributed by atoms with Gasteiger partial charge in [-0.15, -0.1) is 0 Å². The van der Waals surface area contributed by atoms with Crippen LogP contribution >= 0.6 is 0 Å². The van der Waals surface area contributed by atoms with E-state index in [1.807, 2.05) is 74.5 Å². The Bertz CT molecular complexity index is 840. The van der Waals surface area contributed by atoms with Crippen LogP contribution in [-0.4, -0.2) is 30.1 Å². The van der Waals surface area contributed by atoms with E-state index in [0.29, 0.717) is 6.42 Å². The van der Waals surface area contributed by atoms with Gasteiger partial charge in [0.25, 0.3) is 0 Å². The summed E-state index contributed by atoms with van der Waals surface area (Å²) < 4.78 is 10.5. The van der Waals surface area contributed by atoms with Crippen LogP contribution in [0.3, 0.4) is 0 Å². The third kappa shape index (κ3) is 8.90. The van der Waals surface area contributed by atoms with E-state index in [1.165, 1.54) is 0 Å². The van der Waals surface area contributed by atoms with Crippen LogP contribution in [0.5, 0.6) is 0 Å². The molecule has 0 spiro atoms. The van der Waals surface area contributed by atoms with E-state index in [-0.39, 0.29) is 19.1 Å². The van der Waals surface area contributed by atoms with Gasteiger partial charge in [-0.25, -0.2) is 9.59 Å². The Morgan fingerprint density at radius 3 is 1.81 bits per heavy atom. The fourth-order valence-electron chi connectivity index (χ4n) is 2.84. The van der Waals surface area contributed by atoms with E-state index < -0.39 is 30.1 Å². The SMILES string of the molecule is CC(C)CC(NC(=O)OCc1ccccc1)C(=O)NC(C)C(=O)OCc1ccccc1. The van der Waals surface area contributed by atoms with Crippen molar-refractivity contribution >= 4 is 18.0 Å². The van der Waals surface area contributed by atoms with E-state index in [9.17, 15) is 14.4 Å². The third-order valence-electron chi connectivity index (χ3n) is 4.46. The number of alkyl carbamates (subject to hydrolysis) is 1. The summed E-state index contributed by atoms with van der Waals surface area (Å²) in [6.45, 7) is 5.65. The lowest BCUT2D eigenvalue weighted by atomic mass is 10.0. The molecule has 0 bridgehead atoms. The first kappa shape index (κ1) is 23.9. The van der Waals surface area contributed by atoms with Crippen molar-refractivity contribution in [3.8, 4) is 0 Å². The molecule has 2 aromatic carbocycles. The summed E-state index contributed by atoms with van der Waals surface area (Å²) in [7, 11) is 0. The highest BCUT2D eigenvalue weighted by molar-refractivity contribution is 5.89. The summed E-state index contributed by atoms with van der Waals surface area (Å²) in [5.74, 6) is -0.868. The number of carbonyl (C=O) groups excluding carboxylic acids is 3. The fourth-order valence-corrected chi connectivity index (χ4v) is 2.84. The van der Waals surface area contributed by atoms with Gasteiger partial charge in [0.2, 0.25) is 5.91 Å². The molecule has 0 heterocycles. The zero-order valence-electron chi connectivity index (χ0n) is 18.2. The molecule has 0 saturated heterocycles. The van der Waals surface area contributed by atoms with Gasteiger partial charge in [0, 0.05) is 0 Å². The summed E-state index contributed by atoms with van der Waals surface area (Å²) in [5.41, 5.74) is 1.70. The molecular formula is C24H30N2O5. The van der Waals surface area contributed by atoms with E-state index in [4.69, 9.17) is 9.47 Å². The van der Waals surface area contributed by atoms with Crippen LogP contribution in [0.15, 0.2) is 60.7 Å². The van der Waals surface area contributed by atoms with Crippen molar-refractivity contribution in [1.82, 2.24) is 10.6 Å². The molecule has 0 fully saturated rings. The summed E-state index contributed by atoms with van der Waals surface area (Å²) >= 11 is 0. The van der Waals surface area contributed by atoms with Gasteiger partial charge in [0.1, 0.15) is 25.3 Å². The number of ether oxygens (including phenoxy) is 2. The van der Waals surface area contributed by atoms with Gasteiger partial charge >= 0.3 is 12.1 Å². The van der Waals surface area contributed by atoms with Crippen LogP contribution < -0.4 is 10.6 Å². The Kier molecular flexibility index (Phi) is 9.55. The lowest BCUT2D eigenvalue weighted by Crippen LogP contribution is -2.51. The number of benzene rings is 2. The maximum absolute atomic E-state index is 12.7. The molecule has 0 aliphatic carbocycles. The lowest BCUT2D eigenvalue weighted by Gasteiger charge is -2.22. The summed E-state index contributed by atoms with van der Waals surface area (Å²) in [6.07, 6.45) is -0.290. The van der Waals surface area contributed by atoms with Crippen LogP contribution in [0.2, 0.25) is 0 Å². The van der Waals surface area contributed by atoms with Crippen LogP contribution in [-0.2, 0) is 32.3 Å². The number of amides is 2. The summed E-state index contributed by atoms with van der Waals surface area (Å²) in [4.78, 5) is 37.1. The van der Waals surface area contributed by atoms with Crippen molar-refractivity contribution < 1.29 is 23.9 Å². The number of hydrogen-bond acceptors (Lipinski definition) is 5. The van der Waals surface area contributed by atoms with Crippen LogP contribution in [0.4, 0.5) is 4.79 Å². The second-order valence-corrected chi connectivity index (χ2v) is 7.71. The number of carbonyl (C=O) groups is 3. The minimum atomic E-state index is -0.854. The molecule has 2 amide bonds. The molecule has 7 heteroatoms. The van der Waals surface area contributed by atoms with Gasteiger partial charge in [-0.2, -0.15) is 0 Å². The average molecular weight is 427 g/mol. The molecule has 0 saturated carbocycles. The molecule has 0 aliphatic rings. The molecule has 2 unspecified atom stereocenters. The van der Waals surface area contributed by atoms with Crippen molar-refractivity contribution in [3.05, 3.63) is 71.8 Å². The molecule has 2 N–H and O–H groups in total. The maximum atomic E-state index is 12.7. The Hall–Kier alpha value is -3.35. The van der Waals surface area contributed by atoms with E-state index in [1.54, 1.807) is 6.92 Å². The largest absolute Gasteiger partial charge is 0.459 e. The van der Waals surface area contributed by atoms with Crippen molar-refractivity contribution in [2.24, 2.45) is 5.92 Å². The topological polar surface area (TPSA) is 93.7 Å². The van der Waals surface area contributed by atoms with Gasteiger partial charge in [-0.05, 0) is 30.4 Å².